The molecule has 0 spiro atoms. The fourth-order valence-corrected chi connectivity index (χ4v) is 4.60. The summed E-state index contributed by atoms with van der Waals surface area (Å²) in [5.41, 5.74) is 5.38. The molecule has 0 bridgehead atoms. The number of allylic oxidation sites excluding steroid dienone is 2. The summed E-state index contributed by atoms with van der Waals surface area (Å²) >= 11 is 0. The minimum atomic E-state index is -1.44. The molecule has 1 aromatic rings. The first kappa shape index (κ1) is 25.5. The molecule has 2 N–H and O–H groups in total. The van der Waals surface area contributed by atoms with Crippen molar-refractivity contribution >= 4 is 17.6 Å². The maximum atomic E-state index is 13.3. The first-order valence-corrected chi connectivity index (χ1v) is 10.6. The molecule has 3 rings (SSSR count). The summed E-state index contributed by atoms with van der Waals surface area (Å²) in [7, 11) is 1.07. The van der Waals surface area contributed by atoms with Crippen LogP contribution in [-0.4, -0.2) is 35.5 Å². The average Bonchev–Trinajstić information content (AvgIpc) is 3.16. The Balaban J connectivity index is 2.55. The van der Waals surface area contributed by atoms with Crippen LogP contribution in [0, 0.1) is 55.9 Å². The van der Waals surface area contributed by atoms with Gasteiger partial charge in [0.25, 0.3) is 5.69 Å². The Bertz CT molecular complexity index is 1370. The van der Waals surface area contributed by atoms with Gasteiger partial charge < -0.3 is 20.1 Å². The number of carbonyl (C=O) groups is 2. The fraction of sp³-hybridized carbons (Fsp3) is 0.292. The molecule has 1 aromatic carbocycles. The van der Waals surface area contributed by atoms with Gasteiger partial charge in [-0.25, -0.2) is 9.59 Å². The summed E-state index contributed by atoms with van der Waals surface area (Å²) in [6.45, 7) is 3.00. The molecule has 0 aromatic heterocycles. The summed E-state index contributed by atoms with van der Waals surface area (Å²) < 4.78 is 10.2. The molecule has 2 atom stereocenters. The third-order valence-corrected chi connectivity index (χ3v) is 6.02. The molecule has 0 unspecified atom stereocenters. The van der Waals surface area contributed by atoms with Crippen LogP contribution in [0.4, 0.5) is 5.69 Å². The topological polar surface area (TPSA) is 196 Å². The average molecular weight is 488 g/mol. The molecule has 182 valence electrons. The van der Waals surface area contributed by atoms with Crippen LogP contribution in [0.3, 0.4) is 0 Å². The number of hydrogen-bond acceptors (Lipinski definition) is 11. The molecule has 0 fully saturated rings. The molecule has 0 aliphatic carbocycles. The SMILES string of the molecule is CCOC(=O)C1=C(C)N2C(N)=C(C#N)[C@@H](C(C#N)C#N)C2=C(C(=O)OC)[C@@H]1c1ccccc1[N+](=O)[O-]. The Kier molecular flexibility index (Phi) is 7.07. The van der Waals surface area contributed by atoms with Gasteiger partial charge in [-0.2, -0.15) is 15.8 Å². The minimum absolute atomic E-state index is 0.0225. The zero-order chi connectivity index (χ0) is 26.7. The Morgan fingerprint density at radius 2 is 1.83 bits per heavy atom. The molecule has 0 amide bonds. The van der Waals surface area contributed by atoms with E-state index in [4.69, 9.17) is 15.2 Å². The van der Waals surface area contributed by atoms with Crippen molar-refractivity contribution in [2.75, 3.05) is 13.7 Å². The van der Waals surface area contributed by atoms with Crippen molar-refractivity contribution in [3.8, 4) is 18.2 Å². The summed E-state index contributed by atoms with van der Waals surface area (Å²) in [6, 6.07) is 11.0. The zero-order valence-corrected chi connectivity index (χ0v) is 19.5. The number of nitriles is 3. The lowest BCUT2D eigenvalue weighted by Crippen LogP contribution is -2.37. The van der Waals surface area contributed by atoms with Crippen LogP contribution in [0.15, 0.2) is 58.2 Å². The van der Waals surface area contributed by atoms with Gasteiger partial charge in [-0.05, 0) is 13.8 Å². The van der Waals surface area contributed by atoms with E-state index < -0.39 is 34.6 Å². The lowest BCUT2D eigenvalue weighted by molar-refractivity contribution is -0.385. The third kappa shape index (κ3) is 3.79. The normalized spacial score (nSPS) is 18.9. The molecule has 2 aliphatic heterocycles. The van der Waals surface area contributed by atoms with Gasteiger partial charge in [-0.3, -0.25) is 10.1 Å². The first-order chi connectivity index (χ1) is 17.2. The molecule has 2 heterocycles. The van der Waals surface area contributed by atoms with Crippen LogP contribution in [0.2, 0.25) is 0 Å². The van der Waals surface area contributed by atoms with Gasteiger partial charge in [0.1, 0.15) is 11.7 Å². The van der Waals surface area contributed by atoms with Crippen LogP contribution in [0.5, 0.6) is 0 Å². The van der Waals surface area contributed by atoms with E-state index in [9.17, 15) is 35.5 Å². The lowest BCUT2D eigenvalue weighted by atomic mass is 9.75. The van der Waals surface area contributed by atoms with Crippen LogP contribution in [-0.2, 0) is 19.1 Å². The number of esters is 2. The largest absolute Gasteiger partial charge is 0.466 e. The Morgan fingerprint density at radius 1 is 1.19 bits per heavy atom. The van der Waals surface area contributed by atoms with Gasteiger partial charge in [-0.15, -0.1) is 0 Å². The number of ether oxygens (including phenoxy) is 2. The summed E-state index contributed by atoms with van der Waals surface area (Å²) in [4.78, 5) is 39.0. The van der Waals surface area contributed by atoms with Gasteiger partial charge in [0.15, 0.2) is 0 Å². The second kappa shape index (κ2) is 10.00. The van der Waals surface area contributed by atoms with Gasteiger partial charge in [0, 0.05) is 23.0 Å². The lowest BCUT2D eigenvalue weighted by Gasteiger charge is -2.37. The van der Waals surface area contributed by atoms with E-state index in [0.717, 1.165) is 7.11 Å². The van der Waals surface area contributed by atoms with Crippen LogP contribution in [0.25, 0.3) is 0 Å². The molecule has 0 radical (unpaired) electrons. The van der Waals surface area contributed by atoms with E-state index in [1.54, 1.807) is 6.92 Å². The van der Waals surface area contributed by atoms with E-state index in [1.807, 2.05) is 18.2 Å². The summed E-state index contributed by atoms with van der Waals surface area (Å²) in [5, 5.41) is 41.1. The second-order valence-electron chi connectivity index (χ2n) is 7.72. The smallest absolute Gasteiger partial charge is 0.336 e. The quantitative estimate of drug-likeness (QED) is 0.350. The summed E-state index contributed by atoms with van der Waals surface area (Å²) in [5.74, 6) is -6.14. The van der Waals surface area contributed by atoms with E-state index in [2.05, 4.69) is 0 Å². The molecule has 36 heavy (non-hydrogen) atoms. The van der Waals surface area contributed by atoms with E-state index in [0.29, 0.717) is 0 Å². The number of nitro benzene ring substituents is 1. The van der Waals surface area contributed by atoms with Crippen molar-refractivity contribution in [2.24, 2.45) is 17.6 Å². The van der Waals surface area contributed by atoms with Crippen molar-refractivity contribution in [1.82, 2.24) is 4.90 Å². The molecule has 2 aliphatic rings. The van der Waals surface area contributed by atoms with Gasteiger partial charge >= 0.3 is 11.9 Å². The van der Waals surface area contributed by atoms with Crippen molar-refractivity contribution in [3.05, 3.63) is 73.9 Å². The second-order valence-corrected chi connectivity index (χ2v) is 7.72. The highest BCUT2D eigenvalue weighted by Crippen LogP contribution is 2.53. The predicted molar refractivity (Wildman–Crippen MR) is 121 cm³/mol. The standard InChI is InChI=1S/C24H20N6O6/c1-4-36-24(32)17-12(2)29-21(18(13(9-25)10-26)15(11-27)22(29)28)20(23(31)35-3)19(17)14-7-5-6-8-16(14)30(33)34/h5-8,13,18-19H,4,28H2,1-3H3/t18-,19-/m1/s1. The van der Waals surface area contributed by atoms with Gasteiger partial charge in [0.2, 0.25) is 0 Å². The maximum absolute atomic E-state index is 13.3. The highest BCUT2D eigenvalue weighted by molar-refractivity contribution is 6.01. The van der Waals surface area contributed by atoms with Crippen molar-refractivity contribution < 1.29 is 24.0 Å². The van der Waals surface area contributed by atoms with Crippen LogP contribution < -0.4 is 5.73 Å². The van der Waals surface area contributed by atoms with Crippen LogP contribution in [0.1, 0.15) is 25.3 Å². The molecular formula is C24H20N6O6. The minimum Gasteiger partial charge on any atom is -0.466 e. The van der Waals surface area contributed by atoms with Gasteiger partial charge in [0.05, 0.1) is 65.4 Å². The highest BCUT2D eigenvalue weighted by Gasteiger charge is 2.52. The molecule has 12 heteroatoms. The Hall–Kier alpha value is -5.15. The number of nitrogens with two attached hydrogens (primary N) is 1. The van der Waals surface area contributed by atoms with Gasteiger partial charge in [-0.1, -0.05) is 18.2 Å². The summed E-state index contributed by atoms with van der Waals surface area (Å²) in [6.07, 6.45) is 0. The van der Waals surface area contributed by atoms with Crippen molar-refractivity contribution in [2.45, 2.75) is 19.8 Å². The highest BCUT2D eigenvalue weighted by atomic mass is 16.6. The molecular weight excluding hydrogens is 468 g/mol. The number of nitrogens with zero attached hydrogens (tertiary/aromatic N) is 5. The fourth-order valence-electron chi connectivity index (χ4n) is 4.60. The van der Waals surface area contributed by atoms with E-state index in [-0.39, 0.29) is 51.8 Å². The van der Waals surface area contributed by atoms with Crippen molar-refractivity contribution in [3.63, 3.8) is 0 Å². The zero-order valence-electron chi connectivity index (χ0n) is 19.5. The number of benzene rings is 1. The third-order valence-electron chi connectivity index (χ3n) is 6.02. The Labute approximate surface area is 205 Å². The van der Waals surface area contributed by atoms with Crippen molar-refractivity contribution in [1.29, 1.82) is 15.8 Å². The number of nitro groups is 1. The monoisotopic (exact) mass is 488 g/mol. The first-order valence-electron chi connectivity index (χ1n) is 10.6. The van der Waals surface area contributed by atoms with Crippen LogP contribution >= 0.6 is 0 Å². The number of methoxy groups -OCH3 is 1. The van der Waals surface area contributed by atoms with E-state index >= 15 is 0 Å². The number of hydrogen-bond donors (Lipinski definition) is 1. The Morgan fingerprint density at radius 3 is 2.36 bits per heavy atom. The number of carbonyl (C=O) groups excluding carboxylic acids is 2. The maximum Gasteiger partial charge on any atom is 0.336 e. The number of fused-ring (bicyclic) bond motifs is 1. The molecule has 0 saturated heterocycles. The molecule has 0 saturated carbocycles. The molecule has 12 nitrogen and oxygen atoms in total. The predicted octanol–water partition coefficient (Wildman–Crippen LogP) is 2.25. The number of rotatable bonds is 6. The van der Waals surface area contributed by atoms with E-state index in [1.165, 1.54) is 36.1 Å². The number of para-hydroxylation sites is 1.